The van der Waals surface area contributed by atoms with Crippen LogP contribution in [0.25, 0.3) is 6.08 Å². The van der Waals surface area contributed by atoms with Gasteiger partial charge in [0.05, 0.1) is 6.26 Å². The SMILES string of the molecule is C/C(=C\c1ccco1)[C@H](O)C(F)(F)F. The van der Waals surface area contributed by atoms with Gasteiger partial charge in [-0.25, -0.2) is 0 Å². The normalized spacial score (nSPS) is 15.6. The second kappa shape index (κ2) is 3.88. The van der Waals surface area contributed by atoms with E-state index in [0.717, 1.165) is 6.08 Å². The number of furan rings is 1. The highest BCUT2D eigenvalue weighted by molar-refractivity contribution is 5.47. The molecular formula is C9H9F3O2. The highest BCUT2D eigenvalue weighted by Gasteiger charge is 2.39. The van der Waals surface area contributed by atoms with E-state index in [9.17, 15) is 13.2 Å². The molecule has 78 valence electrons. The van der Waals surface area contributed by atoms with Gasteiger partial charge in [0.2, 0.25) is 0 Å². The molecule has 14 heavy (non-hydrogen) atoms. The number of aliphatic hydroxyl groups excluding tert-OH is 1. The highest BCUT2D eigenvalue weighted by atomic mass is 19.4. The van der Waals surface area contributed by atoms with E-state index < -0.39 is 12.3 Å². The third kappa shape index (κ3) is 2.63. The average molecular weight is 206 g/mol. The van der Waals surface area contributed by atoms with E-state index in [0.29, 0.717) is 0 Å². The Labute approximate surface area is 78.7 Å². The van der Waals surface area contributed by atoms with E-state index in [1.165, 1.54) is 19.3 Å². The number of aliphatic hydroxyl groups is 1. The van der Waals surface area contributed by atoms with Gasteiger partial charge in [0, 0.05) is 0 Å². The Bertz CT molecular complexity index is 311. The molecule has 2 nitrogen and oxygen atoms in total. The molecule has 5 heteroatoms. The van der Waals surface area contributed by atoms with Crippen molar-refractivity contribution in [3.05, 3.63) is 29.7 Å². The summed E-state index contributed by atoms with van der Waals surface area (Å²) in [6.07, 6.45) is -4.57. The summed E-state index contributed by atoms with van der Waals surface area (Å²) in [5, 5.41) is 8.82. The van der Waals surface area contributed by atoms with Crippen LogP contribution in [0.4, 0.5) is 13.2 Å². The van der Waals surface area contributed by atoms with Crippen LogP contribution in [-0.4, -0.2) is 17.4 Å². The van der Waals surface area contributed by atoms with Crippen molar-refractivity contribution in [1.82, 2.24) is 0 Å². The zero-order valence-electron chi connectivity index (χ0n) is 7.38. The van der Waals surface area contributed by atoms with Crippen LogP contribution < -0.4 is 0 Å². The molecule has 0 aromatic carbocycles. The van der Waals surface area contributed by atoms with E-state index >= 15 is 0 Å². The van der Waals surface area contributed by atoms with Crippen LogP contribution in [0.5, 0.6) is 0 Å². The van der Waals surface area contributed by atoms with Crippen molar-refractivity contribution in [3.63, 3.8) is 0 Å². The lowest BCUT2D eigenvalue weighted by Crippen LogP contribution is -2.29. The molecule has 1 N–H and O–H groups in total. The summed E-state index contributed by atoms with van der Waals surface area (Å²) in [4.78, 5) is 0. The first kappa shape index (κ1) is 10.8. The molecule has 0 fully saturated rings. The molecule has 0 saturated carbocycles. The molecule has 0 radical (unpaired) electrons. The minimum atomic E-state index is -4.63. The molecule has 1 heterocycles. The number of rotatable bonds is 2. The van der Waals surface area contributed by atoms with Crippen LogP contribution in [0.1, 0.15) is 12.7 Å². The van der Waals surface area contributed by atoms with Crippen molar-refractivity contribution in [2.24, 2.45) is 0 Å². The molecule has 1 atom stereocenters. The number of hydrogen-bond acceptors (Lipinski definition) is 2. The Morgan fingerprint density at radius 3 is 2.64 bits per heavy atom. The number of halogens is 3. The molecule has 0 aliphatic heterocycles. The highest BCUT2D eigenvalue weighted by Crippen LogP contribution is 2.26. The van der Waals surface area contributed by atoms with Crippen molar-refractivity contribution >= 4 is 6.08 Å². The Morgan fingerprint density at radius 2 is 2.21 bits per heavy atom. The monoisotopic (exact) mass is 206 g/mol. The third-order valence-corrected chi connectivity index (χ3v) is 1.65. The van der Waals surface area contributed by atoms with E-state index in [1.807, 2.05) is 0 Å². The van der Waals surface area contributed by atoms with Gasteiger partial charge in [-0.2, -0.15) is 13.2 Å². The first-order valence-electron chi connectivity index (χ1n) is 3.88. The molecule has 0 bridgehead atoms. The standard InChI is InChI=1S/C9H9F3O2/c1-6(8(13)9(10,11)12)5-7-3-2-4-14-7/h2-5,8,13H,1H3/b6-5+/t8-/m0/s1. The first-order chi connectivity index (χ1) is 6.41. The maximum Gasteiger partial charge on any atom is 0.418 e. The van der Waals surface area contributed by atoms with Crippen LogP contribution in [0.3, 0.4) is 0 Å². The van der Waals surface area contributed by atoms with Gasteiger partial charge in [0.1, 0.15) is 5.76 Å². The predicted octanol–water partition coefficient (Wildman–Crippen LogP) is 2.61. The summed E-state index contributed by atoms with van der Waals surface area (Å²) in [6, 6.07) is 3.06. The van der Waals surface area contributed by atoms with Crippen molar-refractivity contribution in [1.29, 1.82) is 0 Å². The summed E-state index contributed by atoms with van der Waals surface area (Å²) < 4.78 is 40.8. The maximum atomic E-state index is 12.0. The summed E-state index contributed by atoms with van der Waals surface area (Å²) in [6.45, 7) is 1.20. The molecule has 0 aliphatic rings. The zero-order valence-corrected chi connectivity index (χ0v) is 7.38. The molecule has 1 aromatic rings. The largest absolute Gasteiger partial charge is 0.465 e. The number of alkyl halides is 3. The Hall–Kier alpha value is -1.23. The van der Waals surface area contributed by atoms with Gasteiger partial charge in [-0.1, -0.05) is 0 Å². The third-order valence-electron chi connectivity index (χ3n) is 1.65. The minimum Gasteiger partial charge on any atom is -0.465 e. The van der Waals surface area contributed by atoms with Crippen LogP contribution in [0.2, 0.25) is 0 Å². The summed E-state index contributed by atoms with van der Waals surface area (Å²) in [5.41, 5.74) is -0.201. The Morgan fingerprint density at radius 1 is 1.57 bits per heavy atom. The van der Waals surface area contributed by atoms with Gasteiger partial charge in [-0.3, -0.25) is 0 Å². The molecule has 0 unspecified atom stereocenters. The predicted molar refractivity (Wildman–Crippen MR) is 44.4 cm³/mol. The lowest BCUT2D eigenvalue weighted by molar-refractivity contribution is -0.190. The van der Waals surface area contributed by atoms with E-state index in [1.54, 1.807) is 6.07 Å². The summed E-state index contributed by atoms with van der Waals surface area (Å²) in [7, 11) is 0. The zero-order chi connectivity index (χ0) is 10.8. The van der Waals surface area contributed by atoms with Gasteiger partial charge in [-0.15, -0.1) is 0 Å². The van der Waals surface area contributed by atoms with Crippen molar-refractivity contribution in [2.45, 2.75) is 19.2 Å². The molecular weight excluding hydrogens is 197 g/mol. The Balaban J connectivity index is 2.80. The van der Waals surface area contributed by atoms with E-state index in [4.69, 9.17) is 9.52 Å². The van der Waals surface area contributed by atoms with Crippen LogP contribution >= 0.6 is 0 Å². The van der Waals surface area contributed by atoms with Crippen molar-refractivity contribution in [3.8, 4) is 0 Å². The molecule has 0 aliphatic carbocycles. The fourth-order valence-corrected chi connectivity index (χ4v) is 0.935. The minimum absolute atomic E-state index is 0.201. The van der Waals surface area contributed by atoms with Gasteiger partial charge >= 0.3 is 6.18 Å². The lowest BCUT2D eigenvalue weighted by atomic mass is 10.1. The second-order valence-corrected chi connectivity index (χ2v) is 2.85. The lowest BCUT2D eigenvalue weighted by Gasteiger charge is -2.14. The molecule has 1 rings (SSSR count). The molecule has 1 aromatic heterocycles. The first-order valence-corrected chi connectivity index (χ1v) is 3.88. The van der Waals surface area contributed by atoms with E-state index in [-0.39, 0.29) is 11.3 Å². The van der Waals surface area contributed by atoms with Gasteiger partial charge in [0.25, 0.3) is 0 Å². The smallest absolute Gasteiger partial charge is 0.418 e. The van der Waals surface area contributed by atoms with Crippen molar-refractivity contribution in [2.75, 3.05) is 0 Å². The van der Waals surface area contributed by atoms with Crippen LogP contribution in [-0.2, 0) is 0 Å². The average Bonchev–Trinajstić information content (AvgIpc) is 2.53. The maximum absolute atomic E-state index is 12.0. The summed E-state index contributed by atoms with van der Waals surface area (Å²) in [5.74, 6) is 0.283. The molecule has 0 amide bonds. The van der Waals surface area contributed by atoms with Gasteiger partial charge in [-0.05, 0) is 30.7 Å². The van der Waals surface area contributed by atoms with E-state index in [2.05, 4.69) is 0 Å². The number of hydrogen-bond donors (Lipinski definition) is 1. The van der Waals surface area contributed by atoms with Crippen LogP contribution in [0.15, 0.2) is 28.4 Å². The van der Waals surface area contributed by atoms with Crippen LogP contribution in [0, 0.1) is 0 Å². The quantitative estimate of drug-likeness (QED) is 0.806. The van der Waals surface area contributed by atoms with Gasteiger partial charge in [0.15, 0.2) is 6.10 Å². The van der Waals surface area contributed by atoms with Gasteiger partial charge < -0.3 is 9.52 Å². The fourth-order valence-electron chi connectivity index (χ4n) is 0.935. The van der Waals surface area contributed by atoms with Crippen molar-refractivity contribution < 1.29 is 22.7 Å². The second-order valence-electron chi connectivity index (χ2n) is 2.85. The Kier molecular flexibility index (Phi) is 3.00. The molecule has 0 spiro atoms. The summed E-state index contributed by atoms with van der Waals surface area (Å²) >= 11 is 0. The topological polar surface area (TPSA) is 33.4 Å². The molecule has 0 saturated heterocycles. The fraction of sp³-hybridized carbons (Fsp3) is 0.333.